The zero-order valence-electron chi connectivity index (χ0n) is 18.9. The van der Waals surface area contributed by atoms with Gasteiger partial charge in [-0.05, 0) is 55.7 Å². The maximum Gasteiger partial charge on any atom is 0.409 e. The third-order valence-corrected chi connectivity index (χ3v) is 6.26. The molecule has 0 spiro atoms. The highest BCUT2D eigenvalue weighted by atomic mass is 16.6. The molecule has 2 heterocycles. The van der Waals surface area contributed by atoms with E-state index in [1.54, 1.807) is 11.8 Å². The van der Waals surface area contributed by atoms with E-state index in [9.17, 15) is 9.59 Å². The van der Waals surface area contributed by atoms with E-state index in [0.29, 0.717) is 19.7 Å². The van der Waals surface area contributed by atoms with E-state index >= 15 is 0 Å². The number of piperidine rings is 2. The first-order valence-corrected chi connectivity index (χ1v) is 11.4. The van der Waals surface area contributed by atoms with Gasteiger partial charge in [0.05, 0.1) is 12.5 Å². The number of nitrogens with one attached hydrogen (secondary N) is 1. The van der Waals surface area contributed by atoms with Crippen molar-refractivity contribution in [3.63, 3.8) is 0 Å². The fourth-order valence-corrected chi connectivity index (χ4v) is 4.35. The third-order valence-electron chi connectivity index (χ3n) is 6.26. The predicted molar refractivity (Wildman–Crippen MR) is 120 cm³/mol. The lowest BCUT2D eigenvalue weighted by Gasteiger charge is -2.36. The van der Waals surface area contributed by atoms with Gasteiger partial charge in [-0.25, -0.2) is 4.79 Å². The number of likely N-dealkylation sites (tertiary alicyclic amines) is 1. The Bertz CT molecular complexity index is 718. The minimum absolute atomic E-state index is 0.0805. The minimum atomic E-state index is -0.305. The van der Waals surface area contributed by atoms with E-state index in [1.807, 2.05) is 0 Å². The fraction of sp³-hybridized carbons (Fsp3) is 0.667. The standard InChI is InChI=1S/C24H37N3O3/c1-5-30-23(29)27-14-6-7-18(17-27)22(28)25-20-12-15-26(16-13-20)21-10-8-19(9-11-21)24(2,3)4/h8-11,18,20H,5-7,12-17H2,1-4H3,(H,25,28). The van der Waals surface area contributed by atoms with Crippen molar-refractivity contribution >= 4 is 17.7 Å². The van der Waals surface area contributed by atoms with E-state index in [-0.39, 0.29) is 29.4 Å². The van der Waals surface area contributed by atoms with Crippen LogP contribution in [-0.4, -0.2) is 55.7 Å². The van der Waals surface area contributed by atoms with Gasteiger partial charge in [0.25, 0.3) is 0 Å². The second-order valence-electron chi connectivity index (χ2n) is 9.55. The van der Waals surface area contributed by atoms with Crippen molar-refractivity contribution in [2.75, 3.05) is 37.7 Å². The number of ether oxygens (including phenoxy) is 1. The topological polar surface area (TPSA) is 61.9 Å². The second kappa shape index (κ2) is 9.71. The predicted octanol–water partition coefficient (Wildman–Crippen LogP) is 3.94. The summed E-state index contributed by atoms with van der Waals surface area (Å²) in [6.45, 7) is 11.9. The van der Waals surface area contributed by atoms with Crippen LogP contribution in [0.5, 0.6) is 0 Å². The van der Waals surface area contributed by atoms with Crippen LogP contribution in [-0.2, 0) is 14.9 Å². The maximum absolute atomic E-state index is 12.8. The SMILES string of the molecule is CCOC(=O)N1CCCC(C(=O)NC2CCN(c3ccc(C(C)(C)C)cc3)CC2)C1. The highest BCUT2D eigenvalue weighted by molar-refractivity contribution is 5.80. The lowest BCUT2D eigenvalue weighted by Crippen LogP contribution is -2.50. The molecule has 0 bridgehead atoms. The Kier molecular flexibility index (Phi) is 7.27. The highest BCUT2D eigenvalue weighted by Gasteiger charge is 2.31. The summed E-state index contributed by atoms with van der Waals surface area (Å²) in [5.74, 6) is -0.0527. The molecule has 1 unspecified atom stereocenters. The van der Waals surface area contributed by atoms with Crippen molar-refractivity contribution in [2.24, 2.45) is 5.92 Å². The summed E-state index contributed by atoms with van der Waals surface area (Å²) < 4.78 is 5.09. The molecule has 0 aromatic heterocycles. The summed E-state index contributed by atoms with van der Waals surface area (Å²) in [6.07, 6.45) is 3.27. The van der Waals surface area contributed by atoms with Crippen molar-refractivity contribution in [3.8, 4) is 0 Å². The Labute approximate surface area is 180 Å². The lowest BCUT2D eigenvalue weighted by atomic mass is 9.87. The van der Waals surface area contributed by atoms with Gasteiger partial charge in [-0.3, -0.25) is 4.79 Å². The smallest absolute Gasteiger partial charge is 0.409 e. The Morgan fingerprint density at radius 2 is 1.73 bits per heavy atom. The normalized spacial score (nSPS) is 20.7. The number of hydrogen-bond acceptors (Lipinski definition) is 4. The summed E-state index contributed by atoms with van der Waals surface area (Å²) in [7, 11) is 0. The first kappa shape index (κ1) is 22.4. The number of hydrogen-bond donors (Lipinski definition) is 1. The molecule has 1 N–H and O–H groups in total. The molecule has 3 rings (SSSR count). The molecule has 2 aliphatic heterocycles. The van der Waals surface area contributed by atoms with Gasteiger partial charge in [-0.1, -0.05) is 32.9 Å². The van der Waals surface area contributed by atoms with Crippen LogP contribution in [0, 0.1) is 5.92 Å². The molecule has 1 aromatic carbocycles. The first-order chi connectivity index (χ1) is 14.3. The molecule has 166 valence electrons. The average molecular weight is 416 g/mol. The van der Waals surface area contributed by atoms with E-state index in [1.165, 1.54) is 11.3 Å². The van der Waals surface area contributed by atoms with Gasteiger partial charge < -0.3 is 19.9 Å². The van der Waals surface area contributed by atoms with Gasteiger partial charge in [0.15, 0.2) is 0 Å². The number of rotatable bonds is 4. The second-order valence-corrected chi connectivity index (χ2v) is 9.55. The van der Waals surface area contributed by atoms with Crippen LogP contribution < -0.4 is 10.2 Å². The highest BCUT2D eigenvalue weighted by Crippen LogP contribution is 2.26. The maximum atomic E-state index is 12.8. The van der Waals surface area contributed by atoms with Crippen molar-refractivity contribution in [2.45, 2.75) is 64.8 Å². The van der Waals surface area contributed by atoms with Gasteiger partial charge in [-0.15, -0.1) is 0 Å². The fourth-order valence-electron chi connectivity index (χ4n) is 4.35. The number of carbonyl (C=O) groups excluding carboxylic acids is 2. The molecular weight excluding hydrogens is 378 g/mol. The zero-order valence-corrected chi connectivity index (χ0v) is 18.9. The van der Waals surface area contributed by atoms with Crippen molar-refractivity contribution < 1.29 is 14.3 Å². The number of benzene rings is 1. The van der Waals surface area contributed by atoms with Crippen LogP contribution >= 0.6 is 0 Å². The van der Waals surface area contributed by atoms with Gasteiger partial charge in [0, 0.05) is 37.9 Å². The molecule has 0 saturated carbocycles. The van der Waals surface area contributed by atoms with E-state index in [4.69, 9.17) is 4.74 Å². The Hall–Kier alpha value is -2.24. The number of carbonyl (C=O) groups is 2. The Morgan fingerprint density at radius 1 is 1.07 bits per heavy atom. The number of amides is 2. The molecule has 2 fully saturated rings. The van der Waals surface area contributed by atoms with Crippen LogP contribution in [0.2, 0.25) is 0 Å². The molecule has 2 amide bonds. The van der Waals surface area contributed by atoms with Crippen LogP contribution in [0.15, 0.2) is 24.3 Å². The van der Waals surface area contributed by atoms with Crippen LogP contribution in [0.1, 0.15) is 58.9 Å². The molecule has 2 aliphatic rings. The molecule has 2 saturated heterocycles. The van der Waals surface area contributed by atoms with Crippen molar-refractivity contribution in [1.29, 1.82) is 0 Å². The minimum Gasteiger partial charge on any atom is -0.450 e. The van der Waals surface area contributed by atoms with Gasteiger partial charge in [0.2, 0.25) is 5.91 Å². The summed E-state index contributed by atoms with van der Waals surface area (Å²) in [4.78, 5) is 28.8. The molecular formula is C24H37N3O3. The van der Waals surface area contributed by atoms with E-state index in [0.717, 1.165) is 38.8 Å². The van der Waals surface area contributed by atoms with Crippen LogP contribution in [0.4, 0.5) is 10.5 Å². The summed E-state index contributed by atoms with van der Waals surface area (Å²) >= 11 is 0. The molecule has 1 atom stereocenters. The quantitative estimate of drug-likeness (QED) is 0.809. The van der Waals surface area contributed by atoms with Gasteiger partial charge in [0.1, 0.15) is 0 Å². The molecule has 6 heteroatoms. The molecule has 30 heavy (non-hydrogen) atoms. The monoisotopic (exact) mass is 415 g/mol. The average Bonchev–Trinajstić information content (AvgIpc) is 2.74. The first-order valence-electron chi connectivity index (χ1n) is 11.4. The summed E-state index contributed by atoms with van der Waals surface area (Å²) in [6, 6.07) is 9.08. The van der Waals surface area contributed by atoms with Crippen LogP contribution in [0.25, 0.3) is 0 Å². The lowest BCUT2D eigenvalue weighted by molar-refractivity contribution is -0.127. The molecule has 0 aliphatic carbocycles. The molecule has 1 aromatic rings. The van der Waals surface area contributed by atoms with E-state index < -0.39 is 0 Å². The number of nitrogens with zero attached hydrogens (tertiary/aromatic N) is 2. The van der Waals surface area contributed by atoms with Crippen LogP contribution in [0.3, 0.4) is 0 Å². The summed E-state index contributed by atoms with van der Waals surface area (Å²) in [5, 5.41) is 3.24. The Morgan fingerprint density at radius 3 is 2.33 bits per heavy atom. The van der Waals surface area contributed by atoms with Gasteiger partial charge >= 0.3 is 6.09 Å². The number of anilines is 1. The molecule has 0 radical (unpaired) electrons. The van der Waals surface area contributed by atoms with E-state index in [2.05, 4.69) is 55.3 Å². The van der Waals surface area contributed by atoms with Crippen molar-refractivity contribution in [1.82, 2.24) is 10.2 Å². The van der Waals surface area contributed by atoms with Gasteiger partial charge in [-0.2, -0.15) is 0 Å². The summed E-state index contributed by atoms with van der Waals surface area (Å²) in [5.41, 5.74) is 2.76. The van der Waals surface area contributed by atoms with Crippen molar-refractivity contribution in [3.05, 3.63) is 29.8 Å². The third kappa shape index (κ3) is 5.67. The largest absolute Gasteiger partial charge is 0.450 e. The molecule has 6 nitrogen and oxygen atoms in total. The zero-order chi connectivity index (χ0) is 21.7. The Balaban J connectivity index is 1.47.